The molecule has 2 N–H and O–H groups in total. The number of aryl methyl sites for hydroxylation is 1. The van der Waals surface area contributed by atoms with Gasteiger partial charge in [0.1, 0.15) is 11.5 Å². The SMILES string of the molecule is CN=C(NCc1cccc(OC)c1)NCc1ccc(C)cc1OC. The third-order valence-electron chi connectivity index (χ3n) is 3.71. The molecule has 5 nitrogen and oxygen atoms in total. The zero-order chi connectivity index (χ0) is 17.4. The van der Waals surface area contributed by atoms with Crippen molar-refractivity contribution < 1.29 is 9.47 Å². The number of aliphatic imine (C=N–C) groups is 1. The summed E-state index contributed by atoms with van der Waals surface area (Å²) in [5, 5.41) is 6.61. The quantitative estimate of drug-likeness (QED) is 0.633. The molecule has 0 heterocycles. The monoisotopic (exact) mass is 327 g/mol. The van der Waals surface area contributed by atoms with Gasteiger partial charge in [0.15, 0.2) is 5.96 Å². The summed E-state index contributed by atoms with van der Waals surface area (Å²) in [5.41, 5.74) is 3.40. The highest BCUT2D eigenvalue weighted by molar-refractivity contribution is 5.79. The van der Waals surface area contributed by atoms with Crippen LogP contribution in [0, 0.1) is 6.92 Å². The molecule has 0 aliphatic rings. The lowest BCUT2D eigenvalue weighted by Gasteiger charge is -2.14. The second kappa shape index (κ2) is 8.82. The molecule has 2 aromatic rings. The maximum Gasteiger partial charge on any atom is 0.191 e. The summed E-state index contributed by atoms with van der Waals surface area (Å²) in [5.74, 6) is 2.47. The molecule has 24 heavy (non-hydrogen) atoms. The van der Waals surface area contributed by atoms with Gasteiger partial charge in [-0.1, -0.05) is 24.3 Å². The molecule has 0 aliphatic heterocycles. The van der Waals surface area contributed by atoms with Crippen LogP contribution in [0.2, 0.25) is 0 Å². The highest BCUT2D eigenvalue weighted by Crippen LogP contribution is 2.19. The van der Waals surface area contributed by atoms with Crippen molar-refractivity contribution in [3.8, 4) is 11.5 Å². The fourth-order valence-electron chi connectivity index (χ4n) is 2.37. The van der Waals surface area contributed by atoms with Crippen LogP contribution >= 0.6 is 0 Å². The molecule has 0 saturated carbocycles. The van der Waals surface area contributed by atoms with Gasteiger partial charge in [0.05, 0.1) is 14.2 Å². The van der Waals surface area contributed by atoms with Gasteiger partial charge < -0.3 is 20.1 Å². The van der Waals surface area contributed by atoms with E-state index in [1.807, 2.05) is 37.3 Å². The summed E-state index contributed by atoms with van der Waals surface area (Å²) in [6.07, 6.45) is 0. The van der Waals surface area contributed by atoms with E-state index in [-0.39, 0.29) is 0 Å². The van der Waals surface area contributed by atoms with Crippen LogP contribution < -0.4 is 20.1 Å². The highest BCUT2D eigenvalue weighted by atomic mass is 16.5. The number of rotatable bonds is 6. The van der Waals surface area contributed by atoms with Crippen molar-refractivity contribution in [1.82, 2.24) is 10.6 Å². The van der Waals surface area contributed by atoms with Crippen molar-refractivity contribution in [1.29, 1.82) is 0 Å². The van der Waals surface area contributed by atoms with Gasteiger partial charge >= 0.3 is 0 Å². The first-order valence-electron chi connectivity index (χ1n) is 7.87. The fraction of sp³-hybridized carbons (Fsp3) is 0.316. The van der Waals surface area contributed by atoms with Crippen LogP contribution in [-0.4, -0.2) is 27.2 Å². The molecule has 2 aromatic carbocycles. The van der Waals surface area contributed by atoms with E-state index in [1.54, 1.807) is 21.3 Å². The zero-order valence-corrected chi connectivity index (χ0v) is 14.7. The standard InChI is InChI=1S/C19H25N3O2/c1-14-8-9-16(18(10-14)24-4)13-22-19(20-2)21-12-15-6-5-7-17(11-15)23-3/h5-11H,12-13H2,1-4H3,(H2,20,21,22). The predicted octanol–water partition coefficient (Wildman–Crippen LogP) is 2.88. The third kappa shape index (κ3) is 4.91. The van der Waals surface area contributed by atoms with Crippen LogP contribution in [0.5, 0.6) is 11.5 Å². The normalized spacial score (nSPS) is 11.1. The van der Waals surface area contributed by atoms with E-state index in [2.05, 4.69) is 27.8 Å². The summed E-state index contributed by atoms with van der Waals surface area (Å²) < 4.78 is 10.7. The third-order valence-corrected chi connectivity index (χ3v) is 3.71. The number of guanidine groups is 1. The van der Waals surface area contributed by atoms with Crippen LogP contribution in [0.25, 0.3) is 0 Å². The van der Waals surface area contributed by atoms with Gasteiger partial charge in [-0.15, -0.1) is 0 Å². The minimum atomic E-state index is 0.640. The van der Waals surface area contributed by atoms with Crippen LogP contribution in [0.1, 0.15) is 16.7 Å². The van der Waals surface area contributed by atoms with Gasteiger partial charge in [0, 0.05) is 25.7 Å². The Morgan fingerprint density at radius 1 is 1.00 bits per heavy atom. The number of nitrogens with one attached hydrogen (secondary N) is 2. The first-order chi connectivity index (χ1) is 11.7. The average molecular weight is 327 g/mol. The lowest BCUT2D eigenvalue weighted by Crippen LogP contribution is -2.36. The van der Waals surface area contributed by atoms with E-state index in [1.165, 1.54) is 5.56 Å². The van der Waals surface area contributed by atoms with Crippen molar-refractivity contribution in [2.24, 2.45) is 4.99 Å². The molecular formula is C19H25N3O2. The Balaban J connectivity index is 1.93. The summed E-state index contributed by atoms with van der Waals surface area (Å²) >= 11 is 0. The van der Waals surface area contributed by atoms with Crippen molar-refractivity contribution in [2.45, 2.75) is 20.0 Å². The molecule has 0 unspecified atom stereocenters. The van der Waals surface area contributed by atoms with Gasteiger partial charge in [0.25, 0.3) is 0 Å². The molecule has 0 fully saturated rings. The Kier molecular flexibility index (Phi) is 6.49. The van der Waals surface area contributed by atoms with E-state index in [0.29, 0.717) is 13.1 Å². The highest BCUT2D eigenvalue weighted by Gasteiger charge is 2.05. The van der Waals surface area contributed by atoms with Crippen LogP contribution in [0.15, 0.2) is 47.5 Å². The lowest BCUT2D eigenvalue weighted by molar-refractivity contribution is 0.408. The van der Waals surface area contributed by atoms with E-state index in [0.717, 1.165) is 28.6 Å². The Labute approximate surface area is 143 Å². The van der Waals surface area contributed by atoms with Gasteiger partial charge in [-0.05, 0) is 36.2 Å². The van der Waals surface area contributed by atoms with Crippen molar-refractivity contribution >= 4 is 5.96 Å². The number of methoxy groups -OCH3 is 2. The van der Waals surface area contributed by atoms with Crippen LogP contribution in [0.3, 0.4) is 0 Å². The number of hydrogen-bond donors (Lipinski definition) is 2. The van der Waals surface area contributed by atoms with Gasteiger partial charge in [-0.25, -0.2) is 0 Å². The Bertz CT molecular complexity index is 699. The summed E-state index contributed by atoms with van der Waals surface area (Å²) in [6, 6.07) is 14.1. The van der Waals surface area contributed by atoms with Crippen LogP contribution in [0.4, 0.5) is 0 Å². The molecule has 0 aliphatic carbocycles. The molecule has 0 spiro atoms. The van der Waals surface area contributed by atoms with Crippen LogP contribution in [-0.2, 0) is 13.1 Å². The molecule has 0 atom stereocenters. The smallest absolute Gasteiger partial charge is 0.191 e. The summed E-state index contributed by atoms with van der Waals surface area (Å²) in [6.45, 7) is 3.36. The molecule has 2 rings (SSSR count). The van der Waals surface area contributed by atoms with Gasteiger partial charge in [0.2, 0.25) is 0 Å². The number of ether oxygens (including phenoxy) is 2. The summed E-state index contributed by atoms with van der Waals surface area (Å²) in [4.78, 5) is 4.26. The molecule has 5 heteroatoms. The van der Waals surface area contributed by atoms with Crippen molar-refractivity contribution in [3.63, 3.8) is 0 Å². The maximum absolute atomic E-state index is 5.43. The first-order valence-corrected chi connectivity index (χ1v) is 7.87. The molecule has 0 aromatic heterocycles. The Morgan fingerprint density at radius 3 is 2.50 bits per heavy atom. The minimum Gasteiger partial charge on any atom is -0.497 e. The van der Waals surface area contributed by atoms with Crippen molar-refractivity contribution in [3.05, 3.63) is 59.2 Å². The topological polar surface area (TPSA) is 54.9 Å². The van der Waals surface area contributed by atoms with E-state index >= 15 is 0 Å². The molecule has 0 bridgehead atoms. The lowest BCUT2D eigenvalue weighted by atomic mass is 10.1. The second-order valence-electron chi connectivity index (χ2n) is 5.45. The molecule has 0 amide bonds. The van der Waals surface area contributed by atoms with Gasteiger partial charge in [-0.3, -0.25) is 4.99 Å². The maximum atomic E-state index is 5.43. The Morgan fingerprint density at radius 2 is 1.79 bits per heavy atom. The fourth-order valence-corrected chi connectivity index (χ4v) is 2.37. The molecule has 128 valence electrons. The average Bonchev–Trinajstić information content (AvgIpc) is 2.62. The summed E-state index contributed by atoms with van der Waals surface area (Å²) in [7, 11) is 5.11. The number of hydrogen-bond acceptors (Lipinski definition) is 3. The molecular weight excluding hydrogens is 302 g/mol. The zero-order valence-electron chi connectivity index (χ0n) is 14.7. The Hall–Kier alpha value is -2.69. The largest absolute Gasteiger partial charge is 0.497 e. The van der Waals surface area contributed by atoms with E-state index < -0.39 is 0 Å². The molecule has 0 radical (unpaired) electrons. The number of nitrogens with zero attached hydrogens (tertiary/aromatic N) is 1. The first kappa shape index (κ1) is 17.7. The predicted molar refractivity (Wildman–Crippen MR) is 97.8 cm³/mol. The molecule has 0 saturated heterocycles. The van der Waals surface area contributed by atoms with Gasteiger partial charge in [-0.2, -0.15) is 0 Å². The minimum absolute atomic E-state index is 0.640. The van der Waals surface area contributed by atoms with Crippen molar-refractivity contribution in [2.75, 3.05) is 21.3 Å². The van der Waals surface area contributed by atoms with E-state index in [9.17, 15) is 0 Å². The second-order valence-corrected chi connectivity index (χ2v) is 5.45. The van der Waals surface area contributed by atoms with E-state index in [4.69, 9.17) is 9.47 Å². The number of benzene rings is 2.